The number of rotatable bonds is 3. The Kier molecular flexibility index (Phi) is 5.08. The van der Waals surface area contributed by atoms with Gasteiger partial charge in [-0.15, -0.1) is 11.8 Å². The van der Waals surface area contributed by atoms with Crippen LogP contribution in [0.25, 0.3) is 10.9 Å². The molecule has 27 heavy (non-hydrogen) atoms. The van der Waals surface area contributed by atoms with E-state index in [-0.39, 0.29) is 23.9 Å². The quantitative estimate of drug-likeness (QED) is 0.815. The number of pyridine rings is 1. The van der Waals surface area contributed by atoms with Gasteiger partial charge in [0.05, 0.1) is 17.5 Å². The number of thioether (sulfide) groups is 1. The number of benzene rings is 1. The van der Waals surface area contributed by atoms with Gasteiger partial charge in [-0.05, 0) is 37.5 Å². The van der Waals surface area contributed by atoms with Crippen LogP contribution < -0.4 is 10.3 Å². The molecule has 1 amide bonds. The lowest BCUT2D eigenvalue weighted by atomic mass is 10.1. The molecule has 1 aromatic heterocycles. The van der Waals surface area contributed by atoms with E-state index >= 15 is 0 Å². The highest BCUT2D eigenvalue weighted by Gasteiger charge is 2.29. The van der Waals surface area contributed by atoms with Gasteiger partial charge in [-0.25, -0.2) is 0 Å². The van der Waals surface area contributed by atoms with E-state index in [2.05, 4.69) is 11.0 Å². The Bertz CT molecular complexity index is 959. The van der Waals surface area contributed by atoms with Crippen LogP contribution in [-0.4, -0.2) is 46.1 Å². The molecular weight excluding hydrogens is 360 g/mol. The molecule has 1 aromatic carbocycles. The standard InChI is InChI=1S/C20H22N4O2S/c21-11-16-13-27-14-24(16)20(26)12-23-9-6-19(25)17-10-15(4-5-18(17)23)22-7-2-1-3-8-22/h4-6,9-10,16H,1-3,7-8,12-14H2. The van der Waals surface area contributed by atoms with Crippen LogP contribution in [0.3, 0.4) is 0 Å². The van der Waals surface area contributed by atoms with E-state index < -0.39 is 0 Å². The number of fused-ring (bicyclic) bond motifs is 1. The number of amides is 1. The molecule has 0 spiro atoms. The van der Waals surface area contributed by atoms with Crippen LogP contribution in [0.5, 0.6) is 0 Å². The second kappa shape index (κ2) is 7.65. The third kappa shape index (κ3) is 3.54. The monoisotopic (exact) mass is 382 g/mol. The van der Waals surface area contributed by atoms with Crippen LogP contribution in [0.2, 0.25) is 0 Å². The molecule has 0 radical (unpaired) electrons. The summed E-state index contributed by atoms with van der Waals surface area (Å²) in [7, 11) is 0. The third-order valence-corrected chi connectivity index (χ3v) is 6.35. The Morgan fingerprint density at radius 3 is 2.81 bits per heavy atom. The van der Waals surface area contributed by atoms with Crippen LogP contribution in [0, 0.1) is 11.3 Å². The highest BCUT2D eigenvalue weighted by atomic mass is 32.2. The molecule has 2 aliphatic heterocycles. The maximum absolute atomic E-state index is 12.7. The van der Waals surface area contributed by atoms with Gasteiger partial charge in [0.25, 0.3) is 0 Å². The Balaban J connectivity index is 1.64. The molecule has 6 nitrogen and oxygen atoms in total. The maximum Gasteiger partial charge on any atom is 0.244 e. The Morgan fingerprint density at radius 1 is 1.22 bits per heavy atom. The van der Waals surface area contributed by atoms with Crippen molar-refractivity contribution >= 4 is 34.3 Å². The summed E-state index contributed by atoms with van der Waals surface area (Å²) in [5.41, 5.74) is 1.81. The highest BCUT2D eigenvalue weighted by Crippen LogP contribution is 2.24. The molecule has 140 valence electrons. The van der Waals surface area contributed by atoms with E-state index in [1.807, 2.05) is 22.8 Å². The van der Waals surface area contributed by atoms with Crippen molar-refractivity contribution in [3.8, 4) is 6.07 Å². The zero-order chi connectivity index (χ0) is 18.8. The van der Waals surface area contributed by atoms with E-state index in [0.717, 1.165) is 24.3 Å². The molecule has 2 saturated heterocycles. The minimum absolute atomic E-state index is 0.0285. The largest absolute Gasteiger partial charge is 0.372 e. The van der Waals surface area contributed by atoms with Crippen LogP contribution in [0.1, 0.15) is 19.3 Å². The minimum atomic E-state index is -0.362. The van der Waals surface area contributed by atoms with Crippen molar-refractivity contribution in [2.24, 2.45) is 0 Å². The SMILES string of the molecule is N#CC1CSCN1C(=O)Cn1ccc(=O)c2cc(N3CCCCC3)ccc21. The predicted octanol–water partition coefficient (Wildman–Crippen LogP) is 2.42. The first-order chi connectivity index (χ1) is 13.2. The molecule has 0 bridgehead atoms. The van der Waals surface area contributed by atoms with Crippen LogP contribution in [0.15, 0.2) is 35.3 Å². The number of piperidine rings is 1. The summed E-state index contributed by atoms with van der Waals surface area (Å²) in [4.78, 5) is 29.1. The van der Waals surface area contributed by atoms with Crippen molar-refractivity contribution in [3.63, 3.8) is 0 Å². The molecule has 1 unspecified atom stereocenters. The topological polar surface area (TPSA) is 69.3 Å². The summed E-state index contributed by atoms with van der Waals surface area (Å²) >= 11 is 1.60. The summed E-state index contributed by atoms with van der Waals surface area (Å²) < 4.78 is 1.82. The summed E-state index contributed by atoms with van der Waals surface area (Å²) in [6.45, 7) is 2.18. The first-order valence-corrected chi connectivity index (χ1v) is 10.5. The van der Waals surface area contributed by atoms with Crippen LogP contribution in [-0.2, 0) is 11.3 Å². The van der Waals surface area contributed by atoms with E-state index in [1.165, 1.54) is 25.3 Å². The molecule has 2 aromatic rings. The molecule has 7 heteroatoms. The predicted molar refractivity (Wildman–Crippen MR) is 108 cm³/mol. The Labute approximate surface area is 162 Å². The first kappa shape index (κ1) is 17.9. The summed E-state index contributed by atoms with van der Waals surface area (Å²) in [5, 5.41) is 9.84. The van der Waals surface area contributed by atoms with Gasteiger partial charge in [-0.3, -0.25) is 9.59 Å². The van der Waals surface area contributed by atoms with Gasteiger partial charge in [0, 0.05) is 42.2 Å². The summed E-state index contributed by atoms with van der Waals surface area (Å²) in [5.74, 6) is 1.12. The zero-order valence-electron chi connectivity index (χ0n) is 15.1. The van der Waals surface area contributed by atoms with E-state index in [4.69, 9.17) is 0 Å². The number of nitriles is 1. The summed E-state index contributed by atoms with van der Waals surface area (Å²) in [6, 6.07) is 9.28. The average molecular weight is 382 g/mol. The van der Waals surface area contributed by atoms with Gasteiger partial charge < -0.3 is 14.4 Å². The van der Waals surface area contributed by atoms with Crippen molar-refractivity contribution < 1.29 is 4.79 Å². The smallest absolute Gasteiger partial charge is 0.244 e. The van der Waals surface area contributed by atoms with Gasteiger partial charge in [-0.1, -0.05) is 0 Å². The molecule has 2 fully saturated rings. The minimum Gasteiger partial charge on any atom is -0.372 e. The van der Waals surface area contributed by atoms with E-state index in [1.54, 1.807) is 22.9 Å². The van der Waals surface area contributed by atoms with Crippen molar-refractivity contribution in [2.75, 3.05) is 29.6 Å². The maximum atomic E-state index is 12.7. The molecule has 4 rings (SSSR count). The van der Waals surface area contributed by atoms with Crippen molar-refractivity contribution in [1.29, 1.82) is 5.26 Å². The average Bonchev–Trinajstić information content (AvgIpc) is 3.19. The number of hydrogen-bond acceptors (Lipinski definition) is 5. The van der Waals surface area contributed by atoms with E-state index in [9.17, 15) is 14.9 Å². The normalized spacial score (nSPS) is 20.0. The number of hydrogen-bond donors (Lipinski definition) is 0. The van der Waals surface area contributed by atoms with E-state index in [0.29, 0.717) is 17.0 Å². The Hall–Kier alpha value is -2.46. The molecule has 3 heterocycles. The Morgan fingerprint density at radius 2 is 2.04 bits per heavy atom. The van der Waals surface area contributed by atoms with Gasteiger partial charge >= 0.3 is 0 Å². The number of carbonyl (C=O) groups excluding carboxylic acids is 1. The lowest BCUT2D eigenvalue weighted by Gasteiger charge is -2.29. The number of anilines is 1. The fourth-order valence-corrected chi connectivity index (χ4v) is 4.92. The first-order valence-electron chi connectivity index (χ1n) is 9.32. The van der Waals surface area contributed by atoms with Crippen molar-refractivity contribution in [1.82, 2.24) is 9.47 Å². The fraction of sp³-hybridized carbons (Fsp3) is 0.450. The molecular formula is C20H22N4O2S. The van der Waals surface area contributed by atoms with Gasteiger partial charge in [0.15, 0.2) is 5.43 Å². The molecule has 0 saturated carbocycles. The number of carbonyl (C=O) groups is 1. The fourth-order valence-electron chi connectivity index (χ4n) is 3.82. The molecule has 0 N–H and O–H groups in total. The van der Waals surface area contributed by atoms with Gasteiger partial charge in [0.2, 0.25) is 5.91 Å². The van der Waals surface area contributed by atoms with Crippen LogP contribution >= 0.6 is 11.8 Å². The lowest BCUT2D eigenvalue weighted by Crippen LogP contribution is -2.38. The van der Waals surface area contributed by atoms with Crippen LogP contribution in [0.4, 0.5) is 5.69 Å². The van der Waals surface area contributed by atoms with Gasteiger partial charge in [-0.2, -0.15) is 5.26 Å². The number of aromatic nitrogens is 1. The highest BCUT2D eigenvalue weighted by molar-refractivity contribution is 7.99. The third-order valence-electron chi connectivity index (χ3n) is 5.34. The second-order valence-electron chi connectivity index (χ2n) is 7.07. The van der Waals surface area contributed by atoms with Crippen molar-refractivity contribution in [3.05, 3.63) is 40.7 Å². The van der Waals surface area contributed by atoms with Crippen molar-refractivity contribution in [2.45, 2.75) is 31.8 Å². The molecule has 0 aliphatic carbocycles. The van der Waals surface area contributed by atoms with Gasteiger partial charge in [0.1, 0.15) is 12.6 Å². The number of nitrogens with zero attached hydrogens (tertiary/aromatic N) is 4. The second-order valence-corrected chi connectivity index (χ2v) is 8.07. The summed E-state index contributed by atoms with van der Waals surface area (Å²) in [6.07, 6.45) is 5.30. The molecule has 2 aliphatic rings. The lowest BCUT2D eigenvalue weighted by molar-refractivity contribution is -0.131. The zero-order valence-corrected chi connectivity index (χ0v) is 16.0. The molecule has 1 atom stereocenters.